The average Bonchev–Trinajstić information content (AvgIpc) is 2.74. The first-order valence-corrected chi connectivity index (χ1v) is 9.85. The molecule has 0 saturated heterocycles. The molecule has 21 heavy (non-hydrogen) atoms. The van der Waals surface area contributed by atoms with Crippen LogP contribution in [-0.2, 0) is 6.42 Å². The number of nitrogens with two attached hydrogens (primary N) is 1. The number of fused-ring (bicyclic) bond motifs is 1. The quantitative estimate of drug-likeness (QED) is 0.842. The highest BCUT2D eigenvalue weighted by Crippen LogP contribution is 2.40. The fraction of sp³-hybridized carbons (Fsp3) is 0.500. The van der Waals surface area contributed by atoms with Crippen molar-refractivity contribution < 1.29 is 4.80 Å². The molecule has 0 unspecified atom stereocenters. The van der Waals surface area contributed by atoms with Gasteiger partial charge in [0.25, 0.3) is 0 Å². The minimum absolute atomic E-state index is 0.134. The van der Waals surface area contributed by atoms with Crippen LogP contribution in [0.2, 0.25) is 18.1 Å². The Morgan fingerprint density at radius 3 is 2.71 bits per heavy atom. The number of aryl methyl sites for hydroxylation is 1. The third-order valence-electron chi connectivity index (χ3n) is 4.46. The van der Waals surface area contributed by atoms with Gasteiger partial charge in [0.15, 0.2) is 14.1 Å². The Kier molecular flexibility index (Phi) is 3.78. The number of hydrogen-bond acceptors (Lipinski definition) is 5. The van der Waals surface area contributed by atoms with Crippen molar-refractivity contribution in [1.82, 2.24) is 14.6 Å². The van der Waals surface area contributed by atoms with Crippen LogP contribution in [-0.4, -0.2) is 27.7 Å². The topological polar surface area (TPSA) is 100 Å². The lowest BCUT2D eigenvalue weighted by atomic mass is 10.0. The molecule has 0 aliphatic carbocycles. The third-order valence-corrected chi connectivity index (χ3v) is 8.03. The largest absolute Gasteiger partial charge is 0.432 e. The molecule has 6 nitrogen and oxygen atoms in total. The van der Waals surface area contributed by atoms with Crippen LogP contribution in [0.15, 0.2) is 12.4 Å². The Labute approximate surface area is 125 Å². The zero-order valence-electron chi connectivity index (χ0n) is 12.9. The van der Waals surface area contributed by atoms with E-state index < -0.39 is 8.32 Å². The Morgan fingerprint density at radius 1 is 1.48 bits per heavy atom. The van der Waals surface area contributed by atoms with Crippen molar-refractivity contribution in [3.05, 3.63) is 23.7 Å². The first-order valence-electron chi connectivity index (χ1n) is 6.91. The van der Waals surface area contributed by atoms with Crippen molar-refractivity contribution in [2.24, 2.45) is 0 Å². The summed E-state index contributed by atoms with van der Waals surface area (Å²) in [7, 11) is -2.26. The van der Waals surface area contributed by atoms with E-state index in [0.29, 0.717) is 23.4 Å². The molecule has 2 aromatic heterocycles. The maximum atomic E-state index is 10.4. The van der Waals surface area contributed by atoms with Gasteiger partial charge in [0.2, 0.25) is 0 Å². The molecule has 0 aromatic carbocycles. The maximum absolute atomic E-state index is 10.4. The molecule has 2 rings (SSSR count). The molecule has 0 amide bonds. The van der Waals surface area contributed by atoms with Gasteiger partial charge in [-0.1, -0.05) is 13.8 Å². The van der Waals surface area contributed by atoms with E-state index in [1.807, 2.05) is 19.2 Å². The maximum Gasteiger partial charge on any atom is 0.188 e. The van der Waals surface area contributed by atoms with Crippen LogP contribution in [0.1, 0.15) is 31.5 Å². The highest BCUT2D eigenvalue weighted by molar-refractivity contribution is 6.72. The molecule has 0 spiro atoms. The van der Waals surface area contributed by atoms with Crippen molar-refractivity contribution in [2.75, 3.05) is 5.73 Å². The van der Waals surface area contributed by atoms with Crippen molar-refractivity contribution in [3.63, 3.8) is 0 Å². The molecule has 0 aliphatic rings. The molecule has 0 bridgehead atoms. The second kappa shape index (κ2) is 5.13. The number of aromatic nitrogens is 3. The van der Waals surface area contributed by atoms with Crippen molar-refractivity contribution >= 4 is 19.7 Å². The smallest absolute Gasteiger partial charge is 0.188 e. The van der Waals surface area contributed by atoms with E-state index in [0.717, 1.165) is 12.0 Å². The van der Waals surface area contributed by atoms with Crippen LogP contribution in [0.25, 0.3) is 5.52 Å². The summed E-state index contributed by atoms with van der Waals surface area (Å²) in [5, 5.41) is 13.3. The molecule has 0 saturated carbocycles. The SMILES string of the molecule is CC(C)(CCc1cc2c(N)ncnn2c1C#N)[Si](C)(C)O. The summed E-state index contributed by atoms with van der Waals surface area (Å²) in [6.07, 6.45) is 2.86. The van der Waals surface area contributed by atoms with Gasteiger partial charge in [0, 0.05) is 0 Å². The molecular formula is C14H21N5OSi. The minimum atomic E-state index is -2.26. The number of hydrogen-bond donors (Lipinski definition) is 2. The standard InChI is InChI=1S/C14H21N5OSi/c1-14(2,21(3,4)20)6-5-10-7-11-13(16)17-9-18-19(11)12(10)8-15/h7,9,20H,5-6H2,1-4H3,(H2,16,17,18). The zero-order valence-corrected chi connectivity index (χ0v) is 13.9. The van der Waals surface area contributed by atoms with E-state index in [1.165, 1.54) is 10.8 Å². The molecule has 0 aliphatic heterocycles. The van der Waals surface area contributed by atoms with E-state index in [4.69, 9.17) is 5.73 Å². The summed E-state index contributed by atoms with van der Waals surface area (Å²) in [6.45, 7) is 8.04. The predicted octanol–water partition coefficient (Wildman–Crippen LogP) is 2.09. The van der Waals surface area contributed by atoms with Gasteiger partial charge < -0.3 is 10.5 Å². The monoisotopic (exact) mass is 303 g/mol. The zero-order chi connectivity index (χ0) is 15.8. The van der Waals surface area contributed by atoms with Crippen molar-refractivity contribution in [3.8, 4) is 6.07 Å². The van der Waals surface area contributed by atoms with E-state index in [2.05, 4.69) is 30.0 Å². The number of anilines is 1. The van der Waals surface area contributed by atoms with Gasteiger partial charge in [-0.25, -0.2) is 9.50 Å². The Balaban J connectivity index is 2.36. The number of nitriles is 1. The Bertz CT molecular complexity index is 708. The predicted molar refractivity (Wildman–Crippen MR) is 84.2 cm³/mol. The Hall–Kier alpha value is -1.91. The summed E-state index contributed by atoms with van der Waals surface area (Å²) in [6, 6.07) is 4.06. The molecule has 7 heteroatoms. The normalized spacial score (nSPS) is 12.6. The van der Waals surface area contributed by atoms with Gasteiger partial charge >= 0.3 is 0 Å². The summed E-state index contributed by atoms with van der Waals surface area (Å²) < 4.78 is 1.53. The summed E-state index contributed by atoms with van der Waals surface area (Å²) >= 11 is 0. The molecule has 3 N–H and O–H groups in total. The van der Waals surface area contributed by atoms with Gasteiger partial charge in [0.05, 0.1) is 0 Å². The minimum Gasteiger partial charge on any atom is -0.432 e. The molecule has 0 fully saturated rings. The van der Waals surface area contributed by atoms with Gasteiger partial charge in [-0.3, -0.25) is 0 Å². The fourth-order valence-electron chi connectivity index (χ4n) is 2.12. The van der Waals surface area contributed by atoms with E-state index in [1.54, 1.807) is 0 Å². The lowest BCUT2D eigenvalue weighted by molar-refractivity contribution is 0.451. The first kappa shape index (κ1) is 15.5. The van der Waals surface area contributed by atoms with Crippen LogP contribution in [0.5, 0.6) is 0 Å². The van der Waals surface area contributed by atoms with Crippen molar-refractivity contribution in [2.45, 2.75) is 44.8 Å². The van der Waals surface area contributed by atoms with E-state index >= 15 is 0 Å². The molecule has 0 radical (unpaired) electrons. The van der Waals surface area contributed by atoms with Crippen LogP contribution < -0.4 is 5.73 Å². The third kappa shape index (κ3) is 2.77. The highest BCUT2D eigenvalue weighted by Gasteiger charge is 2.37. The second-order valence-corrected chi connectivity index (χ2v) is 11.0. The second-order valence-electron chi connectivity index (χ2n) is 6.52. The molecule has 2 heterocycles. The highest BCUT2D eigenvalue weighted by atomic mass is 28.4. The van der Waals surface area contributed by atoms with E-state index in [-0.39, 0.29) is 5.04 Å². The molecule has 2 aromatic rings. The van der Waals surface area contributed by atoms with Gasteiger partial charge in [0.1, 0.15) is 23.6 Å². The number of rotatable bonds is 4. The van der Waals surface area contributed by atoms with Gasteiger partial charge in [-0.15, -0.1) is 0 Å². The summed E-state index contributed by atoms with van der Waals surface area (Å²) in [4.78, 5) is 14.3. The van der Waals surface area contributed by atoms with Crippen LogP contribution in [0, 0.1) is 11.3 Å². The molecule has 112 valence electrons. The van der Waals surface area contributed by atoms with Crippen LogP contribution in [0.4, 0.5) is 5.82 Å². The fourth-order valence-corrected chi connectivity index (χ4v) is 2.86. The summed E-state index contributed by atoms with van der Waals surface area (Å²) in [5.74, 6) is 0.365. The van der Waals surface area contributed by atoms with Gasteiger partial charge in [-0.05, 0) is 42.6 Å². The van der Waals surface area contributed by atoms with Crippen molar-refractivity contribution in [1.29, 1.82) is 5.26 Å². The number of nitrogen functional groups attached to an aromatic ring is 1. The van der Waals surface area contributed by atoms with Crippen LogP contribution >= 0.6 is 0 Å². The van der Waals surface area contributed by atoms with Crippen LogP contribution in [0.3, 0.4) is 0 Å². The molecule has 0 atom stereocenters. The lowest BCUT2D eigenvalue weighted by Gasteiger charge is -2.35. The van der Waals surface area contributed by atoms with E-state index in [9.17, 15) is 10.1 Å². The average molecular weight is 303 g/mol. The summed E-state index contributed by atoms with van der Waals surface area (Å²) in [5.41, 5.74) is 7.88. The lowest BCUT2D eigenvalue weighted by Crippen LogP contribution is -2.39. The van der Waals surface area contributed by atoms with Gasteiger partial charge in [-0.2, -0.15) is 10.4 Å². The Morgan fingerprint density at radius 2 is 2.14 bits per heavy atom. The molecular weight excluding hydrogens is 282 g/mol. The first-order chi connectivity index (χ1) is 9.67. The number of nitrogens with zero attached hydrogens (tertiary/aromatic N) is 4.